The Bertz CT molecular complexity index is 711. The van der Waals surface area contributed by atoms with Crippen LogP contribution in [0.1, 0.15) is 17.3 Å². The molecule has 0 atom stereocenters. The standard InChI is InChI=1S/C11H10N2O4/c1-2-13-8-5-6(11(16)17)3-4-7(8)12-9(14)10(13)15/h3-5H,2H2,1H3,(H,12,14)(H,16,17). The van der Waals surface area contributed by atoms with Gasteiger partial charge in [-0.1, -0.05) is 0 Å². The van der Waals surface area contributed by atoms with E-state index in [4.69, 9.17) is 5.11 Å². The zero-order valence-corrected chi connectivity index (χ0v) is 9.06. The molecule has 1 aromatic heterocycles. The summed E-state index contributed by atoms with van der Waals surface area (Å²) in [6.45, 7) is 2.02. The highest BCUT2D eigenvalue weighted by molar-refractivity contribution is 5.92. The predicted molar refractivity (Wildman–Crippen MR) is 61.5 cm³/mol. The molecule has 0 amide bonds. The van der Waals surface area contributed by atoms with E-state index in [1.807, 2.05) is 0 Å². The molecule has 0 unspecified atom stereocenters. The molecule has 0 saturated carbocycles. The third-order valence-corrected chi connectivity index (χ3v) is 2.54. The number of fused-ring (bicyclic) bond motifs is 1. The van der Waals surface area contributed by atoms with E-state index in [2.05, 4.69) is 4.98 Å². The molecule has 0 aliphatic rings. The van der Waals surface area contributed by atoms with E-state index in [0.717, 1.165) is 0 Å². The first-order chi connectivity index (χ1) is 8.04. The molecule has 0 spiro atoms. The summed E-state index contributed by atoms with van der Waals surface area (Å²) in [6.07, 6.45) is 0. The molecule has 1 heterocycles. The van der Waals surface area contributed by atoms with Crippen LogP contribution in [0, 0.1) is 0 Å². The molecule has 2 rings (SSSR count). The van der Waals surface area contributed by atoms with E-state index < -0.39 is 17.1 Å². The number of aromatic amines is 1. The van der Waals surface area contributed by atoms with E-state index in [0.29, 0.717) is 17.6 Å². The largest absolute Gasteiger partial charge is 0.478 e. The molecule has 0 radical (unpaired) electrons. The van der Waals surface area contributed by atoms with Crippen molar-refractivity contribution in [2.75, 3.05) is 0 Å². The van der Waals surface area contributed by atoms with Crippen LogP contribution in [0.4, 0.5) is 0 Å². The molecular weight excluding hydrogens is 224 g/mol. The minimum absolute atomic E-state index is 0.0751. The molecule has 6 nitrogen and oxygen atoms in total. The minimum Gasteiger partial charge on any atom is -0.478 e. The average Bonchev–Trinajstić information content (AvgIpc) is 2.30. The van der Waals surface area contributed by atoms with Crippen molar-refractivity contribution in [3.63, 3.8) is 0 Å². The Morgan fingerprint density at radius 1 is 1.41 bits per heavy atom. The Labute approximate surface area is 95.1 Å². The zero-order chi connectivity index (χ0) is 12.6. The average molecular weight is 234 g/mol. The van der Waals surface area contributed by atoms with Gasteiger partial charge in [0.2, 0.25) is 0 Å². The van der Waals surface area contributed by atoms with Crippen LogP contribution >= 0.6 is 0 Å². The normalized spacial score (nSPS) is 10.6. The van der Waals surface area contributed by atoms with Gasteiger partial charge in [0.05, 0.1) is 16.6 Å². The van der Waals surface area contributed by atoms with Gasteiger partial charge in [0.25, 0.3) is 0 Å². The summed E-state index contributed by atoms with van der Waals surface area (Å²) in [4.78, 5) is 36.1. The molecule has 1 aromatic carbocycles. The second kappa shape index (κ2) is 3.89. The Balaban J connectivity index is 2.93. The molecule has 6 heteroatoms. The zero-order valence-electron chi connectivity index (χ0n) is 9.06. The van der Waals surface area contributed by atoms with Crippen molar-refractivity contribution in [1.29, 1.82) is 0 Å². The summed E-state index contributed by atoms with van der Waals surface area (Å²) < 4.78 is 1.25. The monoisotopic (exact) mass is 234 g/mol. The topological polar surface area (TPSA) is 92.2 Å². The molecule has 2 aromatic rings. The summed E-state index contributed by atoms with van der Waals surface area (Å²) in [7, 11) is 0. The van der Waals surface area contributed by atoms with Gasteiger partial charge < -0.3 is 14.7 Å². The van der Waals surface area contributed by atoms with Gasteiger partial charge in [-0.2, -0.15) is 0 Å². The van der Waals surface area contributed by atoms with Gasteiger partial charge in [0, 0.05) is 6.54 Å². The van der Waals surface area contributed by atoms with Crippen molar-refractivity contribution in [2.24, 2.45) is 0 Å². The number of carboxylic acid groups (broad SMARTS) is 1. The quantitative estimate of drug-likeness (QED) is 0.736. The number of H-pyrrole nitrogens is 1. The highest BCUT2D eigenvalue weighted by atomic mass is 16.4. The van der Waals surface area contributed by atoms with E-state index >= 15 is 0 Å². The van der Waals surface area contributed by atoms with Gasteiger partial charge in [-0.15, -0.1) is 0 Å². The van der Waals surface area contributed by atoms with Crippen LogP contribution in [-0.2, 0) is 6.54 Å². The van der Waals surface area contributed by atoms with Crippen LogP contribution in [0.5, 0.6) is 0 Å². The molecule has 0 aliphatic carbocycles. The highest BCUT2D eigenvalue weighted by Gasteiger charge is 2.09. The molecule has 17 heavy (non-hydrogen) atoms. The fourth-order valence-corrected chi connectivity index (χ4v) is 1.72. The Kier molecular flexibility index (Phi) is 2.55. The number of rotatable bonds is 2. The van der Waals surface area contributed by atoms with E-state index in [9.17, 15) is 14.4 Å². The number of benzene rings is 1. The fourth-order valence-electron chi connectivity index (χ4n) is 1.72. The fraction of sp³-hybridized carbons (Fsp3) is 0.182. The SMILES string of the molecule is CCn1c(=O)c(=O)[nH]c2ccc(C(=O)O)cc21. The predicted octanol–water partition coefficient (Wildman–Crippen LogP) is 0.408. The molecular formula is C11H10N2O4. The van der Waals surface area contributed by atoms with E-state index in [-0.39, 0.29) is 5.56 Å². The molecule has 0 bridgehead atoms. The third-order valence-electron chi connectivity index (χ3n) is 2.54. The van der Waals surface area contributed by atoms with Crippen LogP contribution in [0.25, 0.3) is 11.0 Å². The number of aryl methyl sites for hydroxylation is 1. The van der Waals surface area contributed by atoms with Gasteiger partial charge >= 0.3 is 17.1 Å². The van der Waals surface area contributed by atoms with Gasteiger partial charge in [0.1, 0.15) is 0 Å². The molecule has 0 saturated heterocycles. The summed E-state index contributed by atoms with van der Waals surface area (Å²) in [6, 6.07) is 4.23. The van der Waals surface area contributed by atoms with Gasteiger partial charge in [-0.3, -0.25) is 9.59 Å². The number of hydrogen-bond donors (Lipinski definition) is 2. The summed E-state index contributed by atoms with van der Waals surface area (Å²) >= 11 is 0. The highest BCUT2D eigenvalue weighted by Crippen LogP contribution is 2.11. The number of aromatic carboxylic acids is 1. The number of carbonyl (C=O) groups is 1. The Morgan fingerprint density at radius 3 is 2.71 bits per heavy atom. The van der Waals surface area contributed by atoms with Crippen molar-refractivity contribution in [3.8, 4) is 0 Å². The van der Waals surface area contributed by atoms with Gasteiger partial charge in [-0.25, -0.2) is 4.79 Å². The van der Waals surface area contributed by atoms with E-state index in [1.165, 1.54) is 22.8 Å². The number of hydrogen-bond acceptors (Lipinski definition) is 3. The number of nitrogens with one attached hydrogen (secondary N) is 1. The number of aromatic nitrogens is 2. The van der Waals surface area contributed by atoms with Crippen molar-refractivity contribution in [3.05, 3.63) is 44.5 Å². The second-order valence-electron chi connectivity index (χ2n) is 3.54. The van der Waals surface area contributed by atoms with E-state index in [1.54, 1.807) is 6.92 Å². The van der Waals surface area contributed by atoms with Crippen LogP contribution < -0.4 is 11.1 Å². The first kappa shape index (κ1) is 11.1. The lowest BCUT2D eigenvalue weighted by molar-refractivity contribution is 0.0697. The van der Waals surface area contributed by atoms with Crippen LogP contribution in [0.2, 0.25) is 0 Å². The summed E-state index contributed by atoms with van der Waals surface area (Å²) in [5.74, 6) is -1.08. The maximum absolute atomic E-state index is 11.6. The maximum atomic E-state index is 11.6. The van der Waals surface area contributed by atoms with Gasteiger partial charge in [-0.05, 0) is 25.1 Å². The van der Waals surface area contributed by atoms with Crippen LogP contribution in [0.15, 0.2) is 27.8 Å². The minimum atomic E-state index is -1.08. The van der Waals surface area contributed by atoms with Gasteiger partial charge in [0.15, 0.2) is 0 Å². The van der Waals surface area contributed by atoms with Crippen molar-refractivity contribution < 1.29 is 9.90 Å². The van der Waals surface area contributed by atoms with Crippen LogP contribution in [0.3, 0.4) is 0 Å². The van der Waals surface area contributed by atoms with Crippen LogP contribution in [-0.4, -0.2) is 20.6 Å². The second-order valence-corrected chi connectivity index (χ2v) is 3.54. The first-order valence-corrected chi connectivity index (χ1v) is 5.04. The molecule has 0 aliphatic heterocycles. The lowest BCUT2D eigenvalue weighted by Crippen LogP contribution is -2.36. The maximum Gasteiger partial charge on any atom is 0.335 e. The summed E-state index contributed by atoms with van der Waals surface area (Å²) in [5.41, 5.74) is -0.449. The lowest BCUT2D eigenvalue weighted by Gasteiger charge is -2.07. The summed E-state index contributed by atoms with van der Waals surface area (Å²) in [5, 5.41) is 8.87. The molecule has 88 valence electrons. The number of nitrogens with zero attached hydrogens (tertiary/aromatic N) is 1. The lowest BCUT2D eigenvalue weighted by atomic mass is 10.2. The number of carboxylic acids is 1. The first-order valence-electron chi connectivity index (χ1n) is 5.04. The Hall–Kier alpha value is -2.37. The third kappa shape index (κ3) is 1.73. The molecule has 0 fully saturated rings. The van der Waals surface area contributed by atoms with Crippen molar-refractivity contribution in [1.82, 2.24) is 9.55 Å². The van der Waals surface area contributed by atoms with Crippen molar-refractivity contribution >= 4 is 17.0 Å². The smallest absolute Gasteiger partial charge is 0.335 e. The Morgan fingerprint density at radius 2 is 2.12 bits per heavy atom. The van der Waals surface area contributed by atoms with Crippen molar-refractivity contribution in [2.45, 2.75) is 13.5 Å². The molecule has 2 N–H and O–H groups in total.